The summed E-state index contributed by atoms with van der Waals surface area (Å²) in [6, 6.07) is 15.5. The highest BCUT2D eigenvalue weighted by Gasteiger charge is 2.37. The first-order valence-corrected chi connectivity index (χ1v) is 8.87. The van der Waals surface area contributed by atoms with Crippen LogP contribution in [0.3, 0.4) is 0 Å². The molecular weight excluding hydrogens is 344 g/mol. The summed E-state index contributed by atoms with van der Waals surface area (Å²) in [7, 11) is 3.21. The van der Waals surface area contributed by atoms with Crippen LogP contribution in [0.2, 0.25) is 0 Å². The largest absolute Gasteiger partial charge is 0.496 e. The van der Waals surface area contributed by atoms with E-state index in [9.17, 15) is 9.59 Å². The Morgan fingerprint density at radius 3 is 2.15 bits per heavy atom. The second kappa shape index (κ2) is 8.22. The van der Waals surface area contributed by atoms with Gasteiger partial charge in [-0.2, -0.15) is 0 Å². The van der Waals surface area contributed by atoms with E-state index in [1.807, 2.05) is 36.4 Å². The van der Waals surface area contributed by atoms with Crippen molar-refractivity contribution in [2.45, 2.75) is 25.0 Å². The molecule has 27 heavy (non-hydrogen) atoms. The standard InChI is InChI=1S/C21H24N2O4/c1-26-18-10-6-5-9-17(18)13-22-19(24)20(25)23-14-21(27-2)11-15-7-3-4-8-16(15)12-21/h3-10H,11-14H2,1-2H3,(H,22,24)(H,23,25). The summed E-state index contributed by atoms with van der Waals surface area (Å²) >= 11 is 0. The molecule has 6 nitrogen and oxygen atoms in total. The predicted octanol–water partition coefficient (Wildman–Crippen LogP) is 1.61. The van der Waals surface area contributed by atoms with Gasteiger partial charge < -0.3 is 20.1 Å². The molecule has 0 bridgehead atoms. The monoisotopic (exact) mass is 368 g/mol. The zero-order valence-electron chi connectivity index (χ0n) is 15.6. The van der Waals surface area contributed by atoms with Gasteiger partial charge in [-0.3, -0.25) is 9.59 Å². The van der Waals surface area contributed by atoms with E-state index < -0.39 is 17.4 Å². The molecule has 2 aromatic rings. The number of ether oxygens (including phenoxy) is 2. The van der Waals surface area contributed by atoms with Gasteiger partial charge in [-0.15, -0.1) is 0 Å². The summed E-state index contributed by atoms with van der Waals surface area (Å²) in [5, 5.41) is 5.33. The van der Waals surface area contributed by atoms with Crippen molar-refractivity contribution in [1.29, 1.82) is 0 Å². The number of amides is 2. The van der Waals surface area contributed by atoms with Crippen molar-refractivity contribution in [1.82, 2.24) is 10.6 Å². The normalized spacial score (nSPS) is 14.3. The van der Waals surface area contributed by atoms with E-state index >= 15 is 0 Å². The third-order valence-electron chi connectivity index (χ3n) is 4.99. The summed E-state index contributed by atoms with van der Waals surface area (Å²) in [5.41, 5.74) is 2.73. The second-order valence-corrected chi connectivity index (χ2v) is 6.69. The van der Waals surface area contributed by atoms with Gasteiger partial charge in [0.05, 0.1) is 12.7 Å². The molecule has 0 saturated carbocycles. The Kier molecular flexibility index (Phi) is 5.76. The van der Waals surface area contributed by atoms with Gasteiger partial charge in [-0.25, -0.2) is 0 Å². The molecule has 0 aromatic heterocycles. The quantitative estimate of drug-likeness (QED) is 0.760. The van der Waals surface area contributed by atoms with Crippen LogP contribution in [0.1, 0.15) is 16.7 Å². The lowest BCUT2D eigenvalue weighted by molar-refractivity contribution is -0.140. The minimum Gasteiger partial charge on any atom is -0.496 e. The van der Waals surface area contributed by atoms with E-state index in [0.29, 0.717) is 18.6 Å². The average Bonchev–Trinajstić information content (AvgIpc) is 3.09. The van der Waals surface area contributed by atoms with Crippen LogP contribution in [0.4, 0.5) is 0 Å². The number of nitrogens with one attached hydrogen (secondary N) is 2. The Hall–Kier alpha value is -2.86. The van der Waals surface area contributed by atoms with Gasteiger partial charge in [0.15, 0.2) is 0 Å². The minimum absolute atomic E-state index is 0.219. The number of benzene rings is 2. The molecule has 1 aliphatic carbocycles. The van der Waals surface area contributed by atoms with E-state index in [4.69, 9.17) is 9.47 Å². The number of hydrogen-bond acceptors (Lipinski definition) is 4. The molecule has 2 aromatic carbocycles. The molecule has 3 rings (SSSR count). The van der Waals surface area contributed by atoms with Crippen molar-refractivity contribution in [3.05, 3.63) is 65.2 Å². The molecule has 0 aliphatic heterocycles. The van der Waals surface area contributed by atoms with Crippen molar-refractivity contribution < 1.29 is 19.1 Å². The molecule has 0 radical (unpaired) electrons. The maximum Gasteiger partial charge on any atom is 0.309 e. The molecule has 0 unspecified atom stereocenters. The third-order valence-corrected chi connectivity index (χ3v) is 4.99. The molecule has 6 heteroatoms. The molecule has 0 spiro atoms. The SMILES string of the molecule is COc1ccccc1CNC(=O)C(=O)NCC1(OC)Cc2ccccc2C1. The zero-order chi connectivity index (χ0) is 19.3. The Morgan fingerprint density at radius 2 is 1.52 bits per heavy atom. The van der Waals surface area contributed by atoms with Crippen LogP contribution in [0.15, 0.2) is 48.5 Å². The van der Waals surface area contributed by atoms with Crippen LogP contribution in [0.5, 0.6) is 5.75 Å². The highest BCUT2D eigenvalue weighted by atomic mass is 16.5. The van der Waals surface area contributed by atoms with Crippen LogP contribution in [-0.2, 0) is 33.7 Å². The van der Waals surface area contributed by atoms with Crippen molar-refractivity contribution >= 4 is 11.8 Å². The summed E-state index contributed by atoms with van der Waals surface area (Å²) < 4.78 is 11.0. The summed E-state index contributed by atoms with van der Waals surface area (Å²) in [5.74, 6) is -0.680. The first-order valence-electron chi connectivity index (χ1n) is 8.87. The fraction of sp³-hybridized carbons (Fsp3) is 0.333. The van der Waals surface area contributed by atoms with E-state index in [2.05, 4.69) is 22.8 Å². The summed E-state index contributed by atoms with van der Waals surface area (Å²) in [4.78, 5) is 24.3. The highest BCUT2D eigenvalue weighted by Crippen LogP contribution is 2.32. The van der Waals surface area contributed by atoms with Crippen LogP contribution in [-0.4, -0.2) is 38.2 Å². The Labute approximate surface area is 158 Å². The van der Waals surface area contributed by atoms with Crippen molar-refractivity contribution in [3.8, 4) is 5.75 Å². The fourth-order valence-electron chi connectivity index (χ4n) is 3.43. The number of para-hydroxylation sites is 1. The third kappa shape index (κ3) is 4.28. The van der Waals surface area contributed by atoms with Crippen molar-refractivity contribution in [2.24, 2.45) is 0 Å². The number of carbonyl (C=O) groups excluding carboxylic acids is 2. The van der Waals surface area contributed by atoms with Gasteiger partial charge in [0, 0.05) is 38.6 Å². The molecule has 2 amide bonds. The van der Waals surface area contributed by atoms with Crippen LogP contribution >= 0.6 is 0 Å². The second-order valence-electron chi connectivity index (χ2n) is 6.69. The number of hydrogen-bond donors (Lipinski definition) is 2. The maximum absolute atomic E-state index is 12.2. The average molecular weight is 368 g/mol. The predicted molar refractivity (Wildman–Crippen MR) is 101 cm³/mol. The number of rotatable bonds is 6. The number of methoxy groups -OCH3 is 2. The van der Waals surface area contributed by atoms with E-state index in [1.54, 1.807) is 14.2 Å². The summed E-state index contributed by atoms with van der Waals surface area (Å²) in [6.45, 7) is 0.496. The lowest BCUT2D eigenvalue weighted by Crippen LogP contribution is -2.49. The van der Waals surface area contributed by atoms with Crippen LogP contribution in [0.25, 0.3) is 0 Å². The molecule has 0 atom stereocenters. The molecule has 0 fully saturated rings. The molecule has 1 aliphatic rings. The Bertz CT molecular complexity index is 809. The van der Waals surface area contributed by atoms with Gasteiger partial charge in [0.25, 0.3) is 0 Å². The first-order chi connectivity index (χ1) is 13.1. The maximum atomic E-state index is 12.2. The Morgan fingerprint density at radius 1 is 0.926 bits per heavy atom. The molecule has 2 N–H and O–H groups in total. The van der Waals surface area contributed by atoms with Gasteiger partial charge in [-0.1, -0.05) is 42.5 Å². The molecule has 0 saturated heterocycles. The Balaban J connectivity index is 1.53. The van der Waals surface area contributed by atoms with E-state index in [-0.39, 0.29) is 13.1 Å². The molecule has 0 heterocycles. The lowest BCUT2D eigenvalue weighted by Gasteiger charge is -2.27. The van der Waals surface area contributed by atoms with Gasteiger partial charge in [0.1, 0.15) is 5.75 Å². The fourth-order valence-corrected chi connectivity index (χ4v) is 3.43. The topological polar surface area (TPSA) is 76.7 Å². The van der Waals surface area contributed by atoms with Crippen LogP contribution in [0, 0.1) is 0 Å². The van der Waals surface area contributed by atoms with Crippen molar-refractivity contribution in [3.63, 3.8) is 0 Å². The van der Waals surface area contributed by atoms with Crippen LogP contribution < -0.4 is 15.4 Å². The van der Waals surface area contributed by atoms with E-state index in [1.165, 1.54) is 11.1 Å². The van der Waals surface area contributed by atoms with Gasteiger partial charge in [-0.05, 0) is 17.2 Å². The van der Waals surface area contributed by atoms with Gasteiger partial charge >= 0.3 is 11.8 Å². The molecule has 142 valence electrons. The lowest BCUT2D eigenvalue weighted by atomic mass is 10.00. The zero-order valence-corrected chi connectivity index (χ0v) is 15.6. The highest BCUT2D eigenvalue weighted by molar-refractivity contribution is 6.35. The summed E-state index contributed by atoms with van der Waals surface area (Å²) in [6.07, 6.45) is 1.42. The van der Waals surface area contributed by atoms with Gasteiger partial charge in [0.2, 0.25) is 0 Å². The molecular formula is C21H24N2O4. The number of fused-ring (bicyclic) bond motifs is 1. The minimum atomic E-state index is -0.678. The van der Waals surface area contributed by atoms with E-state index in [0.717, 1.165) is 5.56 Å². The number of carbonyl (C=O) groups is 2. The first kappa shape index (κ1) is 18.9. The van der Waals surface area contributed by atoms with Crippen molar-refractivity contribution in [2.75, 3.05) is 20.8 Å². The smallest absolute Gasteiger partial charge is 0.309 e.